The molecule has 142 valence electrons. The molecule has 6 nitrogen and oxygen atoms in total. The van der Waals surface area contributed by atoms with E-state index in [0.29, 0.717) is 16.6 Å². The summed E-state index contributed by atoms with van der Waals surface area (Å²) >= 11 is 1.19. The van der Waals surface area contributed by atoms with Gasteiger partial charge in [-0.05, 0) is 30.0 Å². The fraction of sp³-hybridized carbons (Fsp3) is 0.278. The summed E-state index contributed by atoms with van der Waals surface area (Å²) in [6.45, 7) is 1.77. The minimum absolute atomic E-state index is 0.252. The van der Waals surface area contributed by atoms with Crippen molar-refractivity contribution in [3.8, 4) is 0 Å². The molecule has 3 aromatic rings. The number of rotatable bonds is 6. The van der Waals surface area contributed by atoms with Crippen LogP contribution in [-0.4, -0.2) is 15.0 Å². The first-order chi connectivity index (χ1) is 12.9. The number of unbranched alkanes of at least 4 members (excludes halogenated alkanes) is 1. The van der Waals surface area contributed by atoms with Crippen molar-refractivity contribution >= 4 is 33.1 Å². The van der Waals surface area contributed by atoms with Crippen molar-refractivity contribution in [3.05, 3.63) is 62.1 Å². The van der Waals surface area contributed by atoms with Gasteiger partial charge in [0.2, 0.25) is 5.91 Å². The van der Waals surface area contributed by atoms with Gasteiger partial charge in [-0.3, -0.25) is 18.7 Å². The number of hydrogen-bond donors (Lipinski definition) is 1. The highest BCUT2D eigenvalue weighted by Gasteiger charge is 2.17. The van der Waals surface area contributed by atoms with Crippen LogP contribution in [0.1, 0.15) is 19.8 Å². The summed E-state index contributed by atoms with van der Waals surface area (Å²) < 4.78 is 29.6. The van der Waals surface area contributed by atoms with Crippen LogP contribution in [0.25, 0.3) is 10.2 Å². The second kappa shape index (κ2) is 7.83. The van der Waals surface area contributed by atoms with E-state index < -0.39 is 29.8 Å². The lowest BCUT2D eigenvalue weighted by Crippen LogP contribution is -2.41. The van der Waals surface area contributed by atoms with Crippen LogP contribution in [0.15, 0.2) is 39.2 Å². The zero-order chi connectivity index (χ0) is 19.6. The van der Waals surface area contributed by atoms with Crippen LogP contribution in [0.5, 0.6) is 0 Å². The zero-order valence-electron chi connectivity index (χ0n) is 14.5. The number of fused-ring (bicyclic) bond motifs is 1. The predicted molar refractivity (Wildman–Crippen MR) is 100 cm³/mol. The fourth-order valence-electron chi connectivity index (χ4n) is 2.73. The largest absolute Gasteiger partial charge is 0.332 e. The number of anilines is 1. The Morgan fingerprint density at radius 2 is 1.96 bits per heavy atom. The van der Waals surface area contributed by atoms with Crippen molar-refractivity contribution in [1.29, 1.82) is 0 Å². The first-order valence-electron chi connectivity index (χ1n) is 8.38. The van der Waals surface area contributed by atoms with Crippen molar-refractivity contribution in [1.82, 2.24) is 9.13 Å². The molecule has 0 fully saturated rings. The minimum atomic E-state index is -0.786. The molecule has 0 saturated heterocycles. The third-order valence-corrected chi connectivity index (χ3v) is 4.97. The third kappa shape index (κ3) is 3.82. The third-order valence-electron chi connectivity index (χ3n) is 4.08. The normalized spacial score (nSPS) is 11.1. The maximum absolute atomic E-state index is 13.7. The molecule has 1 N–H and O–H groups in total. The number of benzene rings is 1. The first-order valence-corrected chi connectivity index (χ1v) is 9.26. The monoisotopic (exact) mass is 393 g/mol. The molecule has 0 spiro atoms. The van der Waals surface area contributed by atoms with Crippen LogP contribution < -0.4 is 16.6 Å². The molecule has 0 saturated carbocycles. The number of amides is 1. The average Bonchev–Trinajstić information content (AvgIpc) is 3.12. The lowest BCUT2D eigenvalue weighted by Gasteiger charge is -2.12. The van der Waals surface area contributed by atoms with Gasteiger partial charge in [0.1, 0.15) is 22.9 Å². The van der Waals surface area contributed by atoms with Gasteiger partial charge in [-0.1, -0.05) is 13.3 Å². The molecule has 0 radical (unpaired) electrons. The first kappa shape index (κ1) is 19.0. The molecular formula is C18H17F2N3O3S. The summed E-state index contributed by atoms with van der Waals surface area (Å²) in [4.78, 5) is 37.6. The van der Waals surface area contributed by atoms with E-state index >= 15 is 0 Å². The van der Waals surface area contributed by atoms with Crippen molar-refractivity contribution in [2.45, 2.75) is 32.9 Å². The smallest absolute Gasteiger partial charge is 0.322 e. The lowest BCUT2D eigenvalue weighted by molar-refractivity contribution is -0.116. The molecule has 0 atom stereocenters. The van der Waals surface area contributed by atoms with Gasteiger partial charge in [0.05, 0.1) is 11.2 Å². The number of thiophene rings is 1. The van der Waals surface area contributed by atoms with E-state index in [1.165, 1.54) is 15.9 Å². The molecule has 3 rings (SSSR count). The van der Waals surface area contributed by atoms with Crippen LogP contribution in [-0.2, 0) is 17.9 Å². The van der Waals surface area contributed by atoms with Gasteiger partial charge < -0.3 is 5.32 Å². The topological polar surface area (TPSA) is 73.1 Å². The van der Waals surface area contributed by atoms with Crippen LogP contribution in [0.3, 0.4) is 0 Å². The van der Waals surface area contributed by atoms with E-state index in [0.717, 1.165) is 29.2 Å². The Labute approximate surface area is 156 Å². The molecule has 0 unspecified atom stereocenters. The van der Waals surface area contributed by atoms with Gasteiger partial charge in [0, 0.05) is 12.6 Å². The second-order valence-corrected chi connectivity index (χ2v) is 6.90. The van der Waals surface area contributed by atoms with Crippen molar-refractivity contribution in [2.24, 2.45) is 0 Å². The maximum atomic E-state index is 13.7. The van der Waals surface area contributed by atoms with E-state index in [1.807, 2.05) is 6.92 Å². The molecular weight excluding hydrogens is 376 g/mol. The highest BCUT2D eigenvalue weighted by atomic mass is 32.1. The molecule has 1 amide bonds. The van der Waals surface area contributed by atoms with E-state index in [-0.39, 0.29) is 17.8 Å². The standard InChI is InChI=1S/C18H17F2N3O3S/c1-2-3-7-22-17(25)16-14(6-8-27-16)23(18(22)26)10-15(24)21-13-9-11(19)4-5-12(13)20/h4-6,8-9H,2-3,7,10H2,1H3,(H,21,24). The Hall–Kier alpha value is -2.81. The molecule has 27 heavy (non-hydrogen) atoms. The van der Waals surface area contributed by atoms with Crippen molar-refractivity contribution < 1.29 is 13.6 Å². The fourth-order valence-corrected chi connectivity index (χ4v) is 3.57. The zero-order valence-corrected chi connectivity index (χ0v) is 15.3. The number of aromatic nitrogens is 2. The lowest BCUT2D eigenvalue weighted by atomic mass is 10.3. The Balaban J connectivity index is 1.97. The Morgan fingerprint density at radius 3 is 2.70 bits per heavy atom. The number of nitrogens with zero attached hydrogens (tertiary/aromatic N) is 2. The number of carbonyl (C=O) groups is 1. The van der Waals surface area contributed by atoms with Crippen molar-refractivity contribution in [2.75, 3.05) is 5.32 Å². The summed E-state index contributed by atoms with van der Waals surface area (Å²) in [5.74, 6) is -2.18. The van der Waals surface area contributed by atoms with E-state index in [2.05, 4.69) is 5.32 Å². The number of carbonyl (C=O) groups excluding carboxylic acids is 1. The highest BCUT2D eigenvalue weighted by Crippen LogP contribution is 2.17. The van der Waals surface area contributed by atoms with Gasteiger partial charge in [-0.15, -0.1) is 11.3 Å². The summed E-state index contributed by atoms with van der Waals surface area (Å²) in [7, 11) is 0. The van der Waals surface area contributed by atoms with E-state index in [4.69, 9.17) is 0 Å². The summed E-state index contributed by atoms with van der Waals surface area (Å²) in [5, 5.41) is 3.93. The van der Waals surface area contributed by atoms with E-state index in [1.54, 1.807) is 11.4 Å². The quantitative estimate of drug-likeness (QED) is 0.700. The van der Waals surface area contributed by atoms with Gasteiger partial charge >= 0.3 is 5.69 Å². The predicted octanol–water partition coefficient (Wildman–Crippen LogP) is 2.94. The number of nitrogens with one attached hydrogen (secondary N) is 1. The Morgan fingerprint density at radius 1 is 1.19 bits per heavy atom. The Kier molecular flexibility index (Phi) is 5.50. The van der Waals surface area contributed by atoms with Gasteiger partial charge in [0.15, 0.2) is 0 Å². The molecule has 0 bridgehead atoms. The van der Waals surface area contributed by atoms with Gasteiger partial charge in [0.25, 0.3) is 5.56 Å². The molecule has 2 heterocycles. The molecule has 0 aliphatic carbocycles. The molecule has 0 aliphatic rings. The summed E-state index contributed by atoms with van der Waals surface area (Å²) in [6, 6.07) is 4.29. The molecule has 2 aromatic heterocycles. The second-order valence-electron chi connectivity index (χ2n) is 5.99. The summed E-state index contributed by atoms with van der Waals surface area (Å²) in [6.07, 6.45) is 1.44. The SMILES string of the molecule is CCCCn1c(=O)c2sccc2n(CC(=O)Nc2cc(F)ccc2F)c1=O. The van der Waals surface area contributed by atoms with E-state index in [9.17, 15) is 23.2 Å². The van der Waals surface area contributed by atoms with Crippen LogP contribution in [0, 0.1) is 11.6 Å². The molecule has 0 aliphatic heterocycles. The van der Waals surface area contributed by atoms with Crippen LogP contribution in [0.4, 0.5) is 14.5 Å². The average molecular weight is 393 g/mol. The number of halogens is 2. The Bertz CT molecular complexity index is 1120. The summed E-state index contributed by atoms with van der Waals surface area (Å²) in [5.41, 5.74) is -0.952. The van der Waals surface area contributed by atoms with Gasteiger partial charge in [-0.25, -0.2) is 13.6 Å². The van der Waals surface area contributed by atoms with Gasteiger partial charge in [-0.2, -0.15) is 0 Å². The molecule has 9 heteroatoms. The minimum Gasteiger partial charge on any atom is -0.322 e. The highest BCUT2D eigenvalue weighted by molar-refractivity contribution is 7.17. The number of hydrogen-bond acceptors (Lipinski definition) is 4. The van der Waals surface area contributed by atoms with Crippen LogP contribution >= 0.6 is 11.3 Å². The van der Waals surface area contributed by atoms with Crippen LogP contribution in [0.2, 0.25) is 0 Å². The van der Waals surface area contributed by atoms with Crippen molar-refractivity contribution in [3.63, 3.8) is 0 Å². The maximum Gasteiger partial charge on any atom is 0.332 e. The molecule has 1 aromatic carbocycles.